The summed E-state index contributed by atoms with van der Waals surface area (Å²) in [5.74, 6) is -0.363. The molecule has 0 unspecified atom stereocenters. The highest BCUT2D eigenvalue weighted by Gasteiger charge is 2.08. The van der Waals surface area contributed by atoms with Crippen molar-refractivity contribution in [2.24, 2.45) is 5.73 Å². The van der Waals surface area contributed by atoms with Gasteiger partial charge < -0.3 is 15.5 Å². The summed E-state index contributed by atoms with van der Waals surface area (Å²) in [6, 6.07) is 13.5. The van der Waals surface area contributed by atoms with Gasteiger partial charge in [-0.2, -0.15) is 0 Å². The fourth-order valence-electron chi connectivity index (χ4n) is 2.12. The monoisotopic (exact) mass is 284 g/mol. The van der Waals surface area contributed by atoms with Crippen LogP contribution in [0.15, 0.2) is 52.9 Å². The Labute approximate surface area is 120 Å². The fraction of sp³-hybridized carbons (Fsp3) is 0.0625. The summed E-state index contributed by atoms with van der Waals surface area (Å²) in [5.41, 5.74) is 6.43. The smallest absolute Gasteiger partial charge is 0.248 e. The number of furan rings is 1. The van der Waals surface area contributed by atoms with Crippen LogP contribution in [0.2, 0.25) is 0 Å². The number of hydrogen-bond acceptors (Lipinski definition) is 3. The maximum atomic E-state index is 13.7. The molecule has 0 aliphatic rings. The van der Waals surface area contributed by atoms with Crippen molar-refractivity contribution in [3.8, 4) is 0 Å². The minimum absolute atomic E-state index is 0.215. The molecule has 1 heterocycles. The Morgan fingerprint density at radius 3 is 2.76 bits per heavy atom. The molecule has 1 aromatic heterocycles. The molecule has 4 nitrogen and oxygen atoms in total. The van der Waals surface area contributed by atoms with Crippen LogP contribution in [0.1, 0.15) is 16.1 Å². The summed E-state index contributed by atoms with van der Waals surface area (Å²) in [4.78, 5) is 11.1. The maximum absolute atomic E-state index is 13.7. The van der Waals surface area contributed by atoms with Crippen molar-refractivity contribution in [1.82, 2.24) is 0 Å². The molecule has 3 N–H and O–H groups in total. The highest BCUT2D eigenvalue weighted by atomic mass is 19.1. The van der Waals surface area contributed by atoms with E-state index in [0.717, 1.165) is 11.0 Å². The van der Waals surface area contributed by atoms with E-state index in [2.05, 4.69) is 5.32 Å². The Hall–Kier alpha value is -2.82. The van der Waals surface area contributed by atoms with Gasteiger partial charge in [-0.3, -0.25) is 4.79 Å². The zero-order valence-corrected chi connectivity index (χ0v) is 11.1. The number of rotatable bonds is 4. The molecule has 0 saturated carbocycles. The van der Waals surface area contributed by atoms with Gasteiger partial charge in [0.2, 0.25) is 5.91 Å². The van der Waals surface area contributed by atoms with Crippen LogP contribution in [0.5, 0.6) is 0 Å². The molecule has 21 heavy (non-hydrogen) atoms. The lowest BCUT2D eigenvalue weighted by atomic mass is 10.2. The zero-order chi connectivity index (χ0) is 14.8. The molecule has 2 aromatic carbocycles. The first-order chi connectivity index (χ1) is 10.1. The molecule has 1 amide bonds. The van der Waals surface area contributed by atoms with Gasteiger partial charge in [0, 0.05) is 10.9 Å². The van der Waals surface area contributed by atoms with E-state index < -0.39 is 11.7 Å². The number of para-hydroxylation sites is 1. The van der Waals surface area contributed by atoms with Gasteiger partial charge in [0.15, 0.2) is 0 Å². The van der Waals surface area contributed by atoms with Gasteiger partial charge in [-0.05, 0) is 30.3 Å². The number of carbonyl (C=O) groups excluding carboxylic acids is 1. The predicted octanol–water partition coefficient (Wildman–Crippen LogP) is 3.28. The van der Waals surface area contributed by atoms with Gasteiger partial charge in [0.05, 0.1) is 12.2 Å². The molecule has 3 aromatic rings. The number of halogens is 1. The summed E-state index contributed by atoms with van der Waals surface area (Å²) in [6.45, 7) is 0.313. The second-order valence-electron chi connectivity index (χ2n) is 4.66. The van der Waals surface area contributed by atoms with Gasteiger partial charge in [-0.25, -0.2) is 4.39 Å². The van der Waals surface area contributed by atoms with Crippen LogP contribution >= 0.6 is 0 Å². The van der Waals surface area contributed by atoms with Crippen molar-refractivity contribution >= 4 is 22.6 Å². The molecular weight excluding hydrogens is 271 g/mol. The van der Waals surface area contributed by atoms with Gasteiger partial charge >= 0.3 is 0 Å². The van der Waals surface area contributed by atoms with Crippen molar-refractivity contribution < 1.29 is 13.6 Å². The largest absolute Gasteiger partial charge is 0.459 e. The molecule has 106 valence electrons. The van der Waals surface area contributed by atoms with E-state index in [-0.39, 0.29) is 11.3 Å². The SMILES string of the molecule is NC(=O)c1ccc(F)c(NCc2cc3ccccc3o2)c1. The minimum Gasteiger partial charge on any atom is -0.459 e. The van der Waals surface area contributed by atoms with Crippen LogP contribution in [0.3, 0.4) is 0 Å². The zero-order valence-electron chi connectivity index (χ0n) is 11.1. The average Bonchev–Trinajstić information content (AvgIpc) is 2.89. The number of nitrogens with two attached hydrogens (primary N) is 1. The lowest BCUT2D eigenvalue weighted by molar-refractivity contribution is 0.100. The van der Waals surface area contributed by atoms with Gasteiger partial charge in [0.25, 0.3) is 0 Å². The number of anilines is 1. The average molecular weight is 284 g/mol. The summed E-state index contributed by atoms with van der Waals surface area (Å²) in [7, 11) is 0. The third-order valence-electron chi connectivity index (χ3n) is 3.18. The second kappa shape index (κ2) is 5.28. The lowest BCUT2D eigenvalue weighted by Crippen LogP contribution is -2.12. The minimum atomic E-state index is -0.596. The third kappa shape index (κ3) is 2.72. The molecule has 0 bridgehead atoms. The van der Waals surface area contributed by atoms with Gasteiger partial charge in [0.1, 0.15) is 17.2 Å². The first-order valence-corrected chi connectivity index (χ1v) is 6.44. The number of primary amides is 1. The number of carbonyl (C=O) groups is 1. The number of fused-ring (bicyclic) bond motifs is 1. The number of nitrogens with one attached hydrogen (secondary N) is 1. The molecule has 5 heteroatoms. The molecule has 0 fully saturated rings. The van der Waals surface area contributed by atoms with E-state index >= 15 is 0 Å². The quantitative estimate of drug-likeness (QED) is 0.772. The van der Waals surface area contributed by atoms with E-state index in [0.29, 0.717) is 12.3 Å². The van der Waals surface area contributed by atoms with E-state index in [1.165, 1.54) is 18.2 Å². The van der Waals surface area contributed by atoms with Crippen molar-refractivity contribution in [1.29, 1.82) is 0 Å². The standard InChI is InChI=1S/C16H13FN2O2/c17-13-6-5-11(16(18)20)8-14(13)19-9-12-7-10-3-1-2-4-15(10)21-12/h1-8,19H,9H2,(H2,18,20). The first kappa shape index (κ1) is 13.2. The lowest BCUT2D eigenvalue weighted by Gasteiger charge is -2.07. The number of benzene rings is 2. The fourth-order valence-corrected chi connectivity index (χ4v) is 2.12. The summed E-state index contributed by atoms with van der Waals surface area (Å²) >= 11 is 0. The third-order valence-corrected chi connectivity index (χ3v) is 3.18. The summed E-state index contributed by atoms with van der Waals surface area (Å²) < 4.78 is 19.3. The van der Waals surface area contributed by atoms with E-state index in [9.17, 15) is 9.18 Å². The summed E-state index contributed by atoms with van der Waals surface area (Å²) in [5, 5.41) is 3.90. The van der Waals surface area contributed by atoms with E-state index in [1.54, 1.807) is 0 Å². The highest BCUT2D eigenvalue weighted by molar-refractivity contribution is 5.93. The maximum Gasteiger partial charge on any atom is 0.248 e. The molecule has 0 saturated heterocycles. The van der Waals surface area contributed by atoms with Crippen LogP contribution in [0, 0.1) is 5.82 Å². The van der Waals surface area contributed by atoms with Gasteiger partial charge in [-0.15, -0.1) is 0 Å². The first-order valence-electron chi connectivity index (χ1n) is 6.44. The van der Waals surface area contributed by atoms with Crippen LogP contribution < -0.4 is 11.1 Å². The topological polar surface area (TPSA) is 68.3 Å². The van der Waals surface area contributed by atoms with Crippen LogP contribution in [0.4, 0.5) is 10.1 Å². The molecule has 0 spiro atoms. The van der Waals surface area contributed by atoms with Crippen LogP contribution in [-0.4, -0.2) is 5.91 Å². The van der Waals surface area contributed by atoms with Crippen LogP contribution in [0.25, 0.3) is 11.0 Å². The Kier molecular flexibility index (Phi) is 3.31. The molecule has 0 aliphatic heterocycles. The second-order valence-corrected chi connectivity index (χ2v) is 4.66. The summed E-state index contributed by atoms with van der Waals surface area (Å²) in [6.07, 6.45) is 0. The Bertz CT molecular complexity index is 778. The molecule has 0 atom stereocenters. The highest BCUT2D eigenvalue weighted by Crippen LogP contribution is 2.21. The predicted molar refractivity (Wildman–Crippen MR) is 78.5 cm³/mol. The molecule has 3 rings (SSSR count). The van der Waals surface area contributed by atoms with Crippen LogP contribution in [-0.2, 0) is 6.54 Å². The number of amides is 1. The Morgan fingerprint density at radius 1 is 1.19 bits per heavy atom. The van der Waals surface area contributed by atoms with Crippen molar-refractivity contribution in [3.05, 3.63) is 65.7 Å². The Balaban J connectivity index is 1.80. The van der Waals surface area contributed by atoms with Crippen molar-refractivity contribution in [2.45, 2.75) is 6.54 Å². The molecule has 0 aliphatic carbocycles. The van der Waals surface area contributed by atoms with Crippen molar-refractivity contribution in [2.75, 3.05) is 5.32 Å². The molecular formula is C16H13FN2O2. The number of hydrogen-bond donors (Lipinski definition) is 2. The van der Waals surface area contributed by atoms with E-state index in [4.69, 9.17) is 10.2 Å². The normalized spacial score (nSPS) is 10.7. The van der Waals surface area contributed by atoms with Crippen molar-refractivity contribution in [3.63, 3.8) is 0 Å². The van der Waals surface area contributed by atoms with E-state index in [1.807, 2.05) is 30.3 Å². The molecule has 0 radical (unpaired) electrons. The Morgan fingerprint density at radius 2 is 2.00 bits per heavy atom. The van der Waals surface area contributed by atoms with Gasteiger partial charge in [-0.1, -0.05) is 18.2 Å².